The van der Waals surface area contributed by atoms with Gasteiger partial charge in [0.05, 0.1) is 17.6 Å². The predicted molar refractivity (Wildman–Crippen MR) is 150 cm³/mol. The molecule has 0 spiro atoms. The number of carbonyl (C=O) groups excluding carboxylic acids is 1. The number of piperazine rings is 1. The van der Waals surface area contributed by atoms with Crippen LogP contribution >= 0.6 is 11.6 Å². The number of hydrogen-bond acceptors (Lipinski definition) is 8. The fourth-order valence-corrected chi connectivity index (χ4v) is 4.45. The van der Waals surface area contributed by atoms with Crippen LogP contribution in [0.5, 0.6) is 0 Å². The van der Waals surface area contributed by atoms with Crippen molar-refractivity contribution in [2.75, 3.05) is 50.5 Å². The lowest BCUT2D eigenvalue weighted by Gasteiger charge is -2.32. The number of pyridine rings is 2. The van der Waals surface area contributed by atoms with Gasteiger partial charge in [-0.3, -0.25) is 19.6 Å². The maximum absolute atomic E-state index is 12.9. The third-order valence-electron chi connectivity index (χ3n) is 6.55. The second-order valence-corrected chi connectivity index (χ2v) is 9.69. The summed E-state index contributed by atoms with van der Waals surface area (Å²) < 4.78 is 0. The zero-order valence-corrected chi connectivity index (χ0v) is 22.1. The van der Waals surface area contributed by atoms with Crippen LogP contribution in [-0.4, -0.2) is 75.9 Å². The Labute approximate surface area is 227 Å². The zero-order chi connectivity index (χ0) is 26.5. The summed E-state index contributed by atoms with van der Waals surface area (Å²) in [4.78, 5) is 37.0. The molecule has 0 aliphatic carbocycles. The standard InChI is InChI=1S/C28H29ClN8O/c1-35-12-14-37(15-13-35)19-22-6-5-20(16-24(22)29)27(38)33-23-7-8-26(32-18-23)36(2)28-31-11-9-25(34-28)21-4-3-10-30-17-21/h3-11,16-18H,12-15,19H2,1-2H3,(H,33,38). The first-order valence-electron chi connectivity index (χ1n) is 12.4. The minimum Gasteiger partial charge on any atom is -0.321 e. The van der Waals surface area contributed by atoms with E-state index in [1.54, 1.807) is 41.8 Å². The second-order valence-electron chi connectivity index (χ2n) is 9.29. The molecule has 1 fully saturated rings. The van der Waals surface area contributed by atoms with Crippen LogP contribution in [0.25, 0.3) is 11.3 Å². The highest BCUT2D eigenvalue weighted by Crippen LogP contribution is 2.24. The summed E-state index contributed by atoms with van der Waals surface area (Å²) in [6.45, 7) is 4.89. The normalized spacial score (nSPS) is 14.3. The minimum absolute atomic E-state index is 0.242. The van der Waals surface area contributed by atoms with Crippen LogP contribution in [0.3, 0.4) is 0 Å². The molecule has 0 unspecified atom stereocenters. The number of carbonyl (C=O) groups is 1. The van der Waals surface area contributed by atoms with Crippen LogP contribution in [0.4, 0.5) is 17.5 Å². The Balaban J connectivity index is 1.22. The van der Waals surface area contributed by atoms with E-state index in [0.717, 1.165) is 49.5 Å². The van der Waals surface area contributed by atoms with Gasteiger partial charge in [-0.25, -0.2) is 15.0 Å². The van der Waals surface area contributed by atoms with Gasteiger partial charge in [-0.05, 0) is 55.1 Å². The van der Waals surface area contributed by atoms with Crippen molar-refractivity contribution in [1.82, 2.24) is 29.7 Å². The maximum Gasteiger partial charge on any atom is 0.255 e. The molecular weight excluding hydrogens is 500 g/mol. The van der Waals surface area contributed by atoms with Crippen molar-refractivity contribution in [3.63, 3.8) is 0 Å². The monoisotopic (exact) mass is 528 g/mol. The van der Waals surface area contributed by atoms with E-state index in [9.17, 15) is 4.79 Å². The molecule has 38 heavy (non-hydrogen) atoms. The molecule has 1 N–H and O–H groups in total. The van der Waals surface area contributed by atoms with E-state index >= 15 is 0 Å². The van der Waals surface area contributed by atoms with E-state index in [4.69, 9.17) is 11.6 Å². The first-order valence-corrected chi connectivity index (χ1v) is 12.8. The molecular formula is C28H29ClN8O. The van der Waals surface area contributed by atoms with Gasteiger partial charge in [0.1, 0.15) is 5.82 Å². The molecule has 4 heterocycles. The number of hydrogen-bond donors (Lipinski definition) is 1. The number of nitrogens with one attached hydrogen (secondary N) is 1. The summed E-state index contributed by atoms with van der Waals surface area (Å²) in [5.41, 5.74) is 3.78. The molecule has 4 aromatic rings. The Bertz CT molecular complexity index is 1390. The number of rotatable bonds is 7. The zero-order valence-electron chi connectivity index (χ0n) is 21.4. The number of benzene rings is 1. The number of aromatic nitrogens is 4. The van der Waals surface area contributed by atoms with E-state index in [-0.39, 0.29) is 5.91 Å². The largest absolute Gasteiger partial charge is 0.321 e. The number of anilines is 3. The van der Waals surface area contributed by atoms with Gasteiger partial charge in [-0.2, -0.15) is 0 Å². The molecule has 1 aliphatic rings. The lowest BCUT2D eigenvalue weighted by molar-refractivity contribution is 0.102. The lowest BCUT2D eigenvalue weighted by Crippen LogP contribution is -2.43. The van der Waals surface area contributed by atoms with Crippen molar-refractivity contribution >= 4 is 35.0 Å². The molecule has 0 radical (unpaired) electrons. The number of likely N-dealkylation sites (N-methyl/N-ethyl adjacent to an activating group) is 1. The highest BCUT2D eigenvalue weighted by atomic mass is 35.5. The van der Waals surface area contributed by atoms with Crippen molar-refractivity contribution in [1.29, 1.82) is 0 Å². The van der Waals surface area contributed by atoms with E-state index in [1.165, 1.54) is 0 Å². The molecule has 1 saturated heterocycles. The van der Waals surface area contributed by atoms with Crippen LogP contribution in [0.1, 0.15) is 15.9 Å². The van der Waals surface area contributed by atoms with Crippen LogP contribution in [0, 0.1) is 0 Å². The van der Waals surface area contributed by atoms with Crippen LogP contribution < -0.4 is 10.2 Å². The maximum atomic E-state index is 12.9. The van der Waals surface area contributed by atoms with Crippen molar-refractivity contribution in [2.24, 2.45) is 0 Å². The van der Waals surface area contributed by atoms with Gasteiger partial charge in [-0.15, -0.1) is 0 Å². The molecule has 0 bridgehead atoms. The van der Waals surface area contributed by atoms with E-state index in [1.807, 2.05) is 43.4 Å². The van der Waals surface area contributed by atoms with Crippen LogP contribution in [0.15, 0.2) is 73.3 Å². The Morgan fingerprint density at radius 2 is 1.87 bits per heavy atom. The Morgan fingerprint density at radius 1 is 1.03 bits per heavy atom. The summed E-state index contributed by atoms with van der Waals surface area (Å²) in [5, 5.41) is 3.49. The van der Waals surface area contributed by atoms with Crippen LogP contribution in [0.2, 0.25) is 5.02 Å². The number of halogens is 1. The molecule has 3 aromatic heterocycles. The summed E-state index contributed by atoms with van der Waals surface area (Å²) in [6, 6.07) is 14.7. The Morgan fingerprint density at radius 3 is 2.58 bits per heavy atom. The second kappa shape index (κ2) is 11.6. The van der Waals surface area contributed by atoms with Gasteiger partial charge in [-0.1, -0.05) is 17.7 Å². The average Bonchev–Trinajstić information content (AvgIpc) is 2.96. The van der Waals surface area contributed by atoms with Crippen molar-refractivity contribution in [2.45, 2.75) is 6.54 Å². The highest BCUT2D eigenvalue weighted by molar-refractivity contribution is 6.31. The molecule has 1 amide bonds. The smallest absolute Gasteiger partial charge is 0.255 e. The summed E-state index contributed by atoms with van der Waals surface area (Å²) in [7, 11) is 3.98. The molecule has 9 nitrogen and oxygen atoms in total. The summed E-state index contributed by atoms with van der Waals surface area (Å²) in [6.07, 6.45) is 6.80. The fourth-order valence-electron chi connectivity index (χ4n) is 4.21. The molecule has 0 saturated carbocycles. The topological polar surface area (TPSA) is 90.4 Å². The summed E-state index contributed by atoms with van der Waals surface area (Å²) in [5.74, 6) is 0.901. The van der Waals surface area contributed by atoms with Gasteiger partial charge in [0.15, 0.2) is 0 Å². The van der Waals surface area contributed by atoms with E-state index < -0.39 is 0 Å². The van der Waals surface area contributed by atoms with Gasteiger partial charge >= 0.3 is 0 Å². The molecule has 1 aromatic carbocycles. The SMILES string of the molecule is CN1CCN(Cc2ccc(C(=O)Nc3ccc(N(C)c4nccc(-c5cccnc5)n4)nc3)cc2Cl)CC1. The molecule has 1 aliphatic heterocycles. The van der Waals surface area contributed by atoms with Crippen molar-refractivity contribution in [3.8, 4) is 11.3 Å². The van der Waals surface area contributed by atoms with E-state index in [2.05, 4.69) is 42.1 Å². The van der Waals surface area contributed by atoms with Crippen LogP contribution in [-0.2, 0) is 6.54 Å². The number of nitrogens with zero attached hydrogens (tertiary/aromatic N) is 7. The third kappa shape index (κ3) is 6.13. The fraction of sp³-hybridized carbons (Fsp3) is 0.250. The Kier molecular flexibility index (Phi) is 7.88. The molecule has 0 atom stereocenters. The van der Waals surface area contributed by atoms with Gasteiger partial charge in [0.2, 0.25) is 5.95 Å². The van der Waals surface area contributed by atoms with Gasteiger partial charge in [0, 0.05) is 74.5 Å². The van der Waals surface area contributed by atoms with E-state index in [0.29, 0.717) is 28.0 Å². The first kappa shape index (κ1) is 25.7. The van der Waals surface area contributed by atoms with Crippen molar-refractivity contribution in [3.05, 3.63) is 89.5 Å². The first-order chi connectivity index (χ1) is 18.5. The average molecular weight is 529 g/mol. The van der Waals surface area contributed by atoms with Gasteiger partial charge < -0.3 is 10.2 Å². The molecule has 5 rings (SSSR count). The molecule has 10 heteroatoms. The quantitative estimate of drug-likeness (QED) is 0.378. The van der Waals surface area contributed by atoms with Gasteiger partial charge in [0.25, 0.3) is 5.91 Å². The minimum atomic E-state index is -0.242. The predicted octanol–water partition coefficient (Wildman–Crippen LogP) is 4.35. The third-order valence-corrected chi connectivity index (χ3v) is 6.91. The summed E-state index contributed by atoms with van der Waals surface area (Å²) >= 11 is 6.54. The molecule has 194 valence electrons. The lowest BCUT2D eigenvalue weighted by atomic mass is 10.1. The van der Waals surface area contributed by atoms with Crippen molar-refractivity contribution < 1.29 is 4.79 Å². The number of amides is 1. The Hall–Kier alpha value is -3.92. The highest BCUT2D eigenvalue weighted by Gasteiger charge is 2.17.